The number of aryl methyl sites for hydroxylation is 1. The molecule has 3 aromatic rings. The van der Waals surface area contributed by atoms with Crippen molar-refractivity contribution >= 4 is 28.6 Å². The molecule has 0 atom stereocenters. The van der Waals surface area contributed by atoms with Crippen LogP contribution < -0.4 is 10.6 Å². The first-order valence-corrected chi connectivity index (χ1v) is 8.47. The highest BCUT2D eigenvalue weighted by Crippen LogP contribution is 2.23. The first kappa shape index (κ1) is 17.7. The molecule has 3 rings (SSSR count). The molecule has 0 fully saturated rings. The summed E-state index contributed by atoms with van der Waals surface area (Å²) in [5, 5.41) is 5.36. The zero-order valence-electron chi connectivity index (χ0n) is 15.0. The molecule has 2 aromatic carbocycles. The first-order chi connectivity index (χ1) is 12.4. The molecule has 134 valence electrons. The van der Waals surface area contributed by atoms with Crippen molar-refractivity contribution in [3.63, 3.8) is 0 Å². The van der Waals surface area contributed by atoms with Crippen LogP contribution >= 0.6 is 0 Å². The number of amides is 2. The van der Waals surface area contributed by atoms with Crippen molar-refractivity contribution in [1.82, 2.24) is 10.3 Å². The fraction of sp³-hybridized carbons (Fsp3) is 0.250. The minimum absolute atomic E-state index is 0.110. The average Bonchev–Trinajstić information content (AvgIpc) is 3.04. The topological polar surface area (TPSA) is 84.2 Å². The van der Waals surface area contributed by atoms with Gasteiger partial charge < -0.3 is 15.1 Å². The molecule has 2 amide bonds. The number of nitrogens with zero attached hydrogens (tertiary/aromatic N) is 1. The van der Waals surface area contributed by atoms with Gasteiger partial charge >= 0.3 is 0 Å². The largest absolute Gasteiger partial charge is 0.440 e. The average molecular weight is 351 g/mol. The molecule has 0 aliphatic carbocycles. The van der Waals surface area contributed by atoms with E-state index in [-0.39, 0.29) is 24.3 Å². The van der Waals surface area contributed by atoms with Gasteiger partial charge in [0.05, 0.1) is 6.54 Å². The number of hydrogen-bond acceptors (Lipinski definition) is 4. The predicted molar refractivity (Wildman–Crippen MR) is 100 cm³/mol. The Labute approximate surface area is 151 Å². The summed E-state index contributed by atoms with van der Waals surface area (Å²) in [4.78, 5) is 28.5. The Bertz CT molecular complexity index is 943. The van der Waals surface area contributed by atoms with Crippen molar-refractivity contribution in [2.24, 2.45) is 0 Å². The van der Waals surface area contributed by atoms with Gasteiger partial charge in [-0.2, -0.15) is 0 Å². The Morgan fingerprint density at radius 2 is 1.85 bits per heavy atom. The van der Waals surface area contributed by atoms with E-state index in [2.05, 4.69) is 15.6 Å². The summed E-state index contributed by atoms with van der Waals surface area (Å²) in [6.07, 6.45) is 0. The smallest absolute Gasteiger partial charge is 0.251 e. The van der Waals surface area contributed by atoms with Crippen LogP contribution in [0.4, 0.5) is 5.69 Å². The van der Waals surface area contributed by atoms with E-state index in [0.717, 1.165) is 5.56 Å². The van der Waals surface area contributed by atoms with Crippen molar-refractivity contribution < 1.29 is 14.0 Å². The molecule has 6 heteroatoms. The molecule has 0 saturated carbocycles. The summed E-state index contributed by atoms with van der Waals surface area (Å²) in [7, 11) is 0. The van der Waals surface area contributed by atoms with Gasteiger partial charge in [-0.05, 0) is 37.3 Å². The van der Waals surface area contributed by atoms with Crippen LogP contribution in [0.3, 0.4) is 0 Å². The van der Waals surface area contributed by atoms with Gasteiger partial charge in [-0.15, -0.1) is 0 Å². The van der Waals surface area contributed by atoms with Gasteiger partial charge in [0.1, 0.15) is 5.52 Å². The number of anilines is 1. The van der Waals surface area contributed by atoms with Crippen LogP contribution in [-0.4, -0.2) is 23.3 Å². The van der Waals surface area contributed by atoms with Gasteiger partial charge in [0.15, 0.2) is 11.5 Å². The maximum Gasteiger partial charge on any atom is 0.251 e. The van der Waals surface area contributed by atoms with Crippen molar-refractivity contribution in [2.75, 3.05) is 11.9 Å². The first-order valence-electron chi connectivity index (χ1n) is 8.47. The van der Waals surface area contributed by atoms with Gasteiger partial charge in [-0.25, -0.2) is 4.98 Å². The molecular formula is C20H21N3O3. The second-order valence-corrected chi connectivity index (χ2v) is 6.49. The van der Waals surface area contributed by atoms with Gasteiger partial charge in [-0.1, -0.05) is 31.5 Å². The molecule has 0 bridgehead atoms. The normalized spacial score (nSPS) is 10.9. The van der Waals surface area contributed by atoms with Gasteiger partial charge in [-0.3, -0.25) is 9.59 Å². The highest BCUT2D eigenvalue weighted by molar-refractivity contribution is 5.99. The standard InChI is InChI=1S/C20H21N3O3/c1-12(2)20-23-16-10-15(8-9-17(16)26-20)22-18(24)11-21-19(25)14-6-4-13(3)5-7-14/h4-10,12H,11H2,1-3H3,(H,21,25)(H,22,24). The SMILES string of the molecule is Cc1ccc(C(=O)NCC(=O)Nc2ccc3oc(C(C)C)nc3c2)cc1. The summed E-state index contributed by atoms with van der Waals surface area (Å²) in [5.41, 5.74) is 3.57. The van der Waals surface area contributed by atoms with Crippen LogP contribution in [0.5, 0.6) is 0 Å². The number of nitrogens with one attached hydrogen (secondary N) is 2. The van der Waals surface area contributed by atoms with E-state index in [9.17, 15) is 9.59 Å². The molecule has 0 radical (unpaired) electrons. The minimum Gasteiger partial charge on any atom is -0.440 e. The van der Waals surface area contributed by atoms with Gasteiger partial charge in [0.2, 0.25) is 5.91 Å². The van der Waals surface area contributed by atoms with E-state index >= 15 is 0 Å². The Morgan fingerprint density at radius 3 is 2.54 bits per heavy atom. The minimum atomic E-state index is -0.308. The zero-order chi connectivity index (χ0) is 18.7. The van der Waals surface area contributed by atoms with Crippen molar-refractivity contribution in [2.45, 2.75) is 26.7 Å². The molecule has 1 aromatic heterocycles. The van der Waals surface area contributed by atoms with Crippen LogP contribution in [0.25, 0.3) is 11.1 Å². The molecular weight excluding hydrogens is 330 g/mol. The molecule has 6 nitrogen and oxygen atoms in total. The zero-order valence-corrected chi connectivity index (χ0v) is 15.0. The third-order valence-electron chi connectivity index (χ3n) is 3.91. The Hall–Kier alpha value is -3.15. The molecule has 26 heavy (non-hydrogen) atoms. The monoisotopic (exact) mass is 351 g/mol. The van der Waals surface area contributed by atoms with Crippen LogP contribution in [0.1, 0.15) is 41.6 Å². The third-order valence-corrected chi connectivity index (χ3v) is 3.91. The van der Waals surface area contributed by atoms with Crippen LogP contribution in [-0.2, 0) is 4.79 Å². The second kappa shape index (κ2) is 7.39. The summed E-state index contributed by atoms with van der Waals surface area (Å²) >= 11 is 0. The van der Waals surface area contributed by atoms with Gasteiger partial charge in [0.25, 0.3) is 5.91 Å². The maximum absolute atomic E-state index is 12.1. The molecule has 0 spiro atoms. The third kappa shape index (κ3) is 4.08. The Balaban J connectivity index is 1.60. The number of benzene rings is 2. The summed E-state index contributed by atoms with van der Waals surface area (Å²) in [6.45, 7) is 5.85. The number of hydrogen-bond donors (Lipinski definition) is 2. The van der Waals surface area contributed by atoms with Crippen LogP contribution in [0.15, 0.2) is 46.9 Å². The van der Waals surface area contributed by atoms with E-state index in [1.165, 1.54) is 0 Å². The Morgan fingerprint density at radius 1 is 1.12 bits per heavy atom. The number of carbonyl (C=O) groups is 2. The lowest BCUT2D eigenvalue weighted by Crippen LogP contribution is -2.32. The van der Waals surface area contributed by atoms with E-state index in [1.807, 2.05) is 32.9 Å². The van der Waals surface area contributed by atoms with Crippen molar-refractivity contribution in [1.29, 1.82) is 0 Å². The molecule has 2 N–H and O–H groups in total. The number of fused-ring (bicyclic) bond motifs is 1. The van der Waals surface area contributed by atoms with E-state index in [1.54, 1.807) is 30.3 Å². The van der Waals surface area contributed by atoms with E-state index in [4.69, 9.17) is 4.42 Å². The van der Waals surface area contributed by atoms with Crippen LogP contribution in [0.2, 0.25) is 0 Å². The second-order valence-electron chi connectivity index (χ2n) is 6.49. The highest BCUT2D eigenvalue weighted by Gasteiger charge is 2.11. The number of aromatic nitrogens is 1. The molecule has 0 saturated heterocycles. The fourth-order valence-electron chi connectivity index (χ4n) is 2.44. The van der Waals surface area contributed by atoms with Crippen molar-refractivity contribution in [3.8, 4) is 0 Å². The Kier molecular flexibility index (Phi) is 5.02. The van der Waals surface area contributed by atoms with Crippen LogP contribution in [0, 0.1) is 6.92 Å². The lowest BCUT2D eigenvalue weighted by atomic mass is 10.1. The number of rotatable bonds is 5. The van der Waals surface area contributed by atoms with Gasteiger partial charge in [0, 0.05) is 17.2 Å². The maximum atomic E-state index is 12.1. The predicted octanol–water partition coefficient (Wildman–Crippen LogP) is 3.63. The summed E-state index contributed by atoms with van der Waals surface area (Å²) in [6, 6.07) is 12.4. The lowest BCUT2D eigenvalue weighted by Gasteiger charge is -2.07. The van der Waals surface area contributed by atoms with E-state index in [0.29, 0.717) is 28.2 Å². The highest BCUT2D eigenvalue weighted by atomic mass is 16.3. The summed E-state index contributed by atoms with van der Waals surface area (Å²) < 4.78 is 5.64. The van der Waals surface area contributed by atoms with E-state index < -0.39 is 0 Å². The summed E-state index contributed by atoms with van der Waals surface area (Å²) in [5.74, 6) is 0.261. The molecule has 1 heterocycles. The molecule has 0 unspecified atom stereocenters. The van der Waals surface area contributed by atoms with Crippen molar-refractivity contribution in [3.05, 3.63) is 59.5 Å². The molecule has 0 aliphatic rings. The number of carbonyl (C=O) groups excluding carboxylic acids is 2. The fourth-order valence-corrected chi connectivity index (χ4v) is 2.44. The molecule has 0 aliphatic heterocycles. The lowest BCUT2D eigenvalue weighted by molar-refractivity contribution is -0.115. The number of oxazole rings is 1. The quantitative estimate of drug-likeness (QED) is 0.735.